The molecule has 0 bridgehead atoms. The number of hydrogen-bond donors (Lipinski definition) is 2. The number of aryl methyl sites for hydroxylation is 2. The van der Waals surface area contributed by atoms with Crippen molar-refractivity contribution in [1.29, 1.82) is 0 Å². The van der Waals surface area contributed by atoms with Crippen LogP contribution in [0.25, 0.3) is 0 Å². The van der Waals surface area contributed by atoms with Gasteiger partial charge in [-0.3, -0.25) is 0 Å². The number of carbonyl (C=O) groups is 1. The van der Waals surface area contributed by atoms with Crippen LogP contribution >= 0.6 is 11.3 Å². The van der Waals surface area contributed by atoms with Gasteiger partial charge in [-0.25, -0.2) is 9.78 Å². The summed E-state index contributed by atoms with van der Waals surface area (Å²) in [5.74, 6) is -0.428. The maximum Gasteiger partial charge on any atom is 0.340 e. The summed E-state index contributed by atoms with van der Waals surface area (Å²) in [7, 11) is 1.35. The highest BCUT2D eigenvalue weighted by Gasteiger charge is 2.13. The number of anilines is 2. The van der Waals surface area contributed by atoms with E-state index in [9.17, 15) is 4.79 Å². The Morgan fingerprint density at radius 3 is 2.80 bits per heavy atom. The first-order valence-electron chi connectivity index (χ1n) is 6.14. The van der Waals surface area contributed by atoms with Gasteiger partial charge in [0.15, 0.2) is 0 Å². The Kier molecular flexibility index (Phi) is 4.24. The van der Waals surface area contributed by atoms with E-state index in [1.165, 1.54) is 12.0 Å². The Morgan fingerprint density at radius 2 is 2.20 bits per heavy atom. The van der Waals surface area contributed by atoms with Crippen molar-refractivity contribution in [2.24, 2.45) is 0 Å². The molecule has 2 aromatic rings. The van der Waals surface area contributed by atoms with E-state index < -0.39 is 5.97 Å². The number of esters is 1. The van der Waals surface area contributed by atoms with Crippen LogP contribution in [0.3, 0.4) is 0 Å². The molecule has 1 heterocycles. The lowest BCUT2D eigenvalue weighted by Gasteiger charge is -2.12. The fraction of sp³-hybridized carbons (Fsp3) is 0.286. The average molecular weight is 291 g/mol. The topological polar surface area (TPSA) is 77.2 Å². The molecule has 5 nitrogen and oxygen atoms in total. The third kappa shape index (κ3) is 2.91. The number of methoxy groups -OCH3 is 1. The summed E-state index contributed by atoms with van der Waals surface area (Å²) in [6.07, 6.45) is 0. The van der Waals surface area contributed by atoms with Crippen LogP contribution in [0.2, 0.25) is 0 Å². The molecule has 2 rings (SSSR count). The Labute approximate surface area is 121 Å². The van der Waals surface area contributed by atoms with Crippen molar-refractivity contribution < 1.29 is 9.53 Å². The van der Waals surface area contributed by atoms with Gasteiger partial charge in [-0.1, -0.05) is 0 Å². The van der Waals surface area contributed by atoms with Crippen LogP contribution in [0.1, 0.15) is 26.5 Å². The Hall–Kier alpha value is -2.08. The molecule has 1 aromatic carbocycles. The number of hydrogen-bond acceptors (Lipinski definition) is 6. The second kappa shape index (κ2) is 5.92. The van der Waals surface area contributed by atoms with Gasteiger partial charge in [0, 0.05) is 16.3 Å². The van der Waals surface area contributed by atoms with E-state index in [0.717, 1.165) is 16.9 Å². The molecular weight excluding hydrogens is 274 g/mol. The van der Waals surface area contributed by atoms with E-state index in [2.05, 4.69) is 10.3 Å². The molecule has 106 valence electrons. The third-order valence-corrected chi connectivity index (χ3v) is 4.03. The zero-order valence-electron chi connectivity index (χ0n) is 11.7. The largest absolute Gasteiger partial charge is 0.465 e. The fourth-order valence-electron chi connectivity index (χ4n) is 1.86. The zero-order valence-corrected chi connectivity index (χ0v) is 12.5. The lowest BCUT2D eigenvalue weighted by Crippen LogP contribution is -2.09. The standard InChI is InChI=1S/C14H17N3O2S/c1-8-4-10(5-11(13(8)15)14(18)19-3)16-6-12-9(2)17-7-20-12/h4-5,7,16H,6,15H2,1-3H3. The van der Waals surface area contributed by atoms with E-state index in [-0.39, 0.29) is 0 Å². The molecular formula is C14H17N3O2S. The van der Waals surface area contributed by atoms with Crippen LogP contribution in [-0.2, 0) is 11.3 Å². The summed E-state index contributed by atoms with van der Waals surface area (Å²) in [5.41, 5.74) is 11.3. The monoisotopic (exact) mass is 291 g/mol. The van der Waals surface area contributed by atoms with Gasteiger partial charge in [0.1, 0.15) is 0 Å². The minimum atomic E-state index is -0.428. The zero-order chi connectivity index (χ0) is 14.7. The van der Waals surface area contributed by atoms with Gasteiger partial charge in [0.05, 0.1) is 30.4 Å². The van der Waals surface area contributed by atoms with E-state index >= 15 is 0 Å². The SMILES string of the molecule is COC(=O)c1cc(NCc2scnc2C)cc(C)c1N. The smallest absolute Gasteiger partial charge is 0.340 e. The van der Waals surface area contributed by atoms with Gasteiger partial charge in [-0.05, 0) is 31.5 Å². The molecule has 1 aromatic heterocycles. The summed E-state index contributed by atoms with van der Waals surface area (Å²) in [6, 6.07) is 3.63. The number of benzene rings is 1. The van der Waals surface area contributed by atoms with Crippen LogP contribution in [0.4, 0.5) is 11.4 Å². The number of nitrogen functional groups attached to an aromatic ring is 1. The second-order valence-corrected chi connectivity index (χ2v) is 5.40. The molecule has 0 aliphatic heterocycles. The summed E-state index contributed by atoms with van der Waals surface area (Å²) in [5, 5.41) is 3.28. The summed E-state index contributed by atoms with van der Waals surface area (Å²) >= 11 is 1.60. The molecule has 0 amide bonds. The molecule has 0 spiro atoms. The summed E-state index contributed by atoms with van der Waals surface area (Å²) in [4.78, 5) is 17.1. The summed E-state index contributed by atoms with van der Waals surface area (Å²) < 4.78 is 4.74. The second-order valence-electron chi connectivity index (χ2n) is 4.46. The molecule has 0 aliphatic rings. The fourth-order valence-corrected chi connectivity index (χ4v) is 2.57. The third-order valence-electron chi connectivity index (χ3n) is 3.09. The van der Waals surface area contributed by atoms with Crippen molar-refractivity contribution >= 4 is 28.7 Å². The number of aromatic nitrogens is 1. The minimum absolute atomic E-state index is 0.385. The van der Waals surface area contributed by atoms with Crippen molar-refractivity contribution in [2.75, 3.05) is 18.2 Å². The maximum atomic E-state index is 11.7. The van der Waals surface area contributed by atoms with E-state index in [0.29, 0.717) is 17.8 Å². The van der Waals surface area contributed by atoms with E-state index in [1.54, 1.807) is 17.4 Å². The molecule has 0 aliphatic carbocycles. The normalized spacial score (nSPS) is 10.3. The average Bonchev–Trinajstić information content (AvgIpc) is 2.84. The van der Waals surface area contributed by atoms with Gasteiger partial charge in [-0.2, -0.15) is 0 Å². The van der Waals surface area contributed by atoms with Crippen molar-refractivity contribution in [3.63, 3.8) is 0 Å². The van der Waals surface area contributed by atoms with Crippen LogP contribution in [0.15, 0.2) is 17.6 Å². The van der Waals surface area contributed by atoms with Crippen LogP contribution in [0.5, 0.6) is 0 Å². The first-order valence-corrected chi connectivity index (χ1v) is 7.02. The predicted octanol–water partition coefficient (Wildman–Crippen LogP) is 2.74. The van der Waals surface area contributed by atoms with Crippen molar-refractivity contribution in [2.45, 2.75) is 20.4 Å². The number of nitrogens with one attached hydrogen (secondary N) is 1. The van der Waals surface area contributed by atoms with Crippen molar-refractivity contribution in [1.82, 2.24) is 4.98 Å². The first kappa shape index (κ1) is 14.3. The number of thiazole rings is 1. The predicted molar refractivity (Wildman–Crippen MR) is 81.1 cm³/mol. The number of ether oxygens (including phenoxy) is 1. The molecule has 0 unspecified atom stereocenters. The summed E-state index contributed by atoms with van der Waals surface area (Å²) in [6.45, 7) is 4.51. The number of nitrogens with two attached hydrogens (primary N) is 1. The highest BCUT2D eigenvalue weighted by atomic mass is 32.1. The minimum Gasteiger partial charge on any atom is -0.465 e. The van der Waals surface area contributed by atoms with Gasteiger partial charge >= 0.3 is 5.97 Å². The molecule has 0 atom stereocenters. The number of carbonyl (C=O) groups excluding carboxylic acids is 1. The van der Waals surface area contributed by atoms with E-state index in [1.807, 2.05) is 25.4 Å². The molecule has 0 saturated heterocycles. The Bertz CT molecular complexity index is 637. The van der Waals surface area contributed by atoms with Gasteiger partial charge in [0.2, 0.25) is 0 Å². The lowest BCUT2D eigenvalue weighted by atomic mass is 10.1. The molecule has 6 heteroatoms. The highest BCUT2D eigenvalue weighted by molar-refractivity contribution is 7.09. The highest BCUT2D eigenvalue weighted by Crippen LogP contribution is 2.24. The molecule has 0 saturated carbocycles. The first-order chi connectivity index (χ1) is 9.52. The number of nitrogens with zero attached hydrogens (tertiary/aromatic N) is 1. The van der Waals surface area contributed by atoms with Crippen molar-refractivity contribution in [3.8, 4) is 0 Å². The van der Waals surface area contributed by atoms with Gasteiger partial charge in [-0.15, -0.1) is 11.3 Å². The van der Waals surface area contributed by atoms with Gasteiger partial charge in [0.25, 0.3) is 0 Å². The quantitative estimate of drug-likeness (QED) is 0.669. The van der Waals surface area contributed by atoms with Crippen LogP contribution in [-0.4, -0.2) is 18.1 Å². The van der Waals surface area contributed by atoms with Crippen LogP contribution < -0.4 is 11.1 Å². The van der Waals surface area contributed by atoms with Crippen LogP contribution in [0, 0.1) is 13.8 Å². The molecule has 20 heavy (non-hydrogen) atoms. The Morgan fingerprint density at radius 1 is 1.45 bits per heavy atom. The Balaban J connectivity index is 2.22. The van der Waals surface area contributed by atoms with E-state index in [4.69, 9.17) is 10.5 Å². The van der Waals surface area contributed by atoms with Crippen molar-refractivity contribution in [3.05, 3.63) is 39.3 Å². The lowest BCUT2D eigenvalue weighted by molar-refractivity contribution is 0.0602. The maximum absolute atomic E-state index is 11.7. The van der Waals surface area contributed by atoms with Gasteiger partial charge < -0.3 is 15.8 Å². The molecule has 0 radical (unpaired) electrons. The molecule has 3 N–H and O–H groups in total. The number of rotatable bonds is 4. The molecule has 0 fully saturated rings.